The first-order chi connectivity index (χ1) is 9.27. The Kier molecular flexibility index (Phi) is 2.76. The number of hydrogen-bond donors (Lipinski definition) is 1. The molecular weight excluding hydrogens is 254 g/mol. The second-order valence-corrected chi connectivity index (χ2v) is 6.60. The Morgan fingerprint density at radius 2 is 2.00 bits per heavy atom. The lowest BCUT2D eigenvalue weighted by atomic mass is 9.94. The number of anilines is 1. The maximum atomic E-state index is 6.10. The predicted molar refractivity (Wildman–Crippen MR) is 76.8 cm³/mol. The molecule has 0 bridgehead atoms. The molecule has 6 heteroatoms. The smallest absolute Gasteiger partial charge is 0.178 e. The van der Waals surface area contributed by atoms with Crippen LogP contribution in [0, 0.1) is 6.92 Å². The van der Waals surface area contributed by atoms with Crippen LogP contribution in [-0.4, -0.2) is 37.1 Å². The standard InChI is InChI=1S/C14H21N5O/c1-9-16-17-12-7-6-11(18-19(9)12)15-10-8-13(2,3)20-14(10,4)5/h6-7,10H,8H2,1-5H3,(H,15,18). The fourth-order valence-corrected chi connectivity index (χ4v) is 2.94. The van der Waals surface area contributed by atoms with Crippen molar-refractivity contribution in [3.63, 3.8) is 0 Å². The number of fused-ring (bicyclic) bond motifs is 1. The molecular formula is C14H21N5O. The molecule has 1 fully saturated rings. The fraction of sp³-hybridized carbons (Fsp3) is 0.643. The summed E-state index contributed by atoms with van der Waals surface area (Å²) < 4.78 is 7.84. The van der Waals surface area contributed by atoms with Gasteiger partial charge in [0.2, 0.25) is 0 Å². The Morgan fingerprint density at radius 1 is 1.25 bits per heavy atom. The number of rotatable bonds is 2. The summed E-state index contributed by atoms with van der Waals surface area (Å²) in [5.74, 6) is 1.60. The summed E-state index contributed by atoms with van der Waals surface area (Å²) in [6.45, 7) is 10.4. The molecule has 6 nitrogen and oxygen atoms in total. The summed E-state index contributed by atoms with van der Waals surface area (Å²) in [6.07, 6.45) is 0.945. The van der Waals surface area contributed by atoms with E-state index in [1.165, 1.54) is 0 Å². The lowest BCUT2D eigenvalue weighted by molar-refractivity contribution is -0.0662. The minimum Gasteiger partial charge on any atom is -0.367 e. The normalized spacial score (nSPS) is 24.1. The molecule has 0 radical (unpaired) electrons. The molecule has 20 heavy (non-hydrogen) atoms. The maximum Gasteiger partial charge on any atom is 0.178 e. The van der Waals surface area contributed by atoms with Gasteiger partial charge in [0.1, 0.15) is 5.82 Å². The molecule has 0 saturated carbocycles. The van der Waals surface area contributed by atoms with Crippen LogP contribution in [0.25, 0.3) is 5.65 Å². The Bertz CT molecular complexity index is 646. The Labute approximate surface area is 118 Å². The van der Waals surface area contributed by atoms with E-state index < -0.39 is 0 Å². The summed E-state index contributed by atoms with van der Waals surface area (Å²) >= 11 is 0. The van der Waals surface area contributed by atoms with Crippen LogP contribution in [0.4, 0.5) is 5.82 Å². The van der Waals surface area contributed by atoms with Gasteiger partial charge in [0.05, 0.1) is 17.2 Å². The van der Waals surface area contributed by atoms with Crippen molar-refractivity contribution in [2.24, 2.45) is 0 Å². The van der Waals surface area contributed by atoms with Gasteiger partial charge in [0.15, 0.2) is 11.5 Å². The molecule has 0 aliphatic carbocycles. The van der Waals surface area contributed by atoms with Gasteiger partial charge in [-0.25, -0.2) is 0 Å². The highest BCUT2D eigenvalue weighted by Gasteiger charge is 2.46. The van der Waals surface area contributed by atoms with E-state index in [1.54, 1.807) is 4.52 Å². The van der Waals surface area contributed by atoms with Crippen LogP contribution in [-0.2, 0) is 4.74 Å². The Morgan fingerprint density at radius 3 is 2.65 bits per heavy atom. The summed E-state index contributed by atoms with van der Waals surface area (Å²) in [7, 11) is 0. The van der Waals surface area contributed by atoms with Crippen LogP contribution in [0.5, 0.6) is 0 Å². The highest BCUT2D eigenvalue weighted by Crippen LogP contribution is 2.38. The molecule has 1 aliphatic heterocycles. The van der Waals surface area contributed by atoms with E-state index in [9.17, 15) is 0 Å². The predicted octanol–water partition coefficient (Wildman–Crippen LogP) is 2.19. The van der Waals surface area contributed by atoms with Crippen LogP contribution in [0.2, 0.25) is 0 Å². The van der Waals surface area contributed by atoms with Crippen LogP contribution < -0.4 is 5.32 Å². The second kappa shape index (κ2) is 4.15. The molecule has 2 aromatic rings. The van der Waals surface area contributed by atoms with Crippen molar-refractivity contribution in [1.29, 1.82) is 0 Å². The molecule has 108 valence electrons. The fourth-order valence-electron chi connectivity index (χ4n) is 2.94. The number of nitrogens with zero attached hydrogens (tertiary/aromatic N) is 4. The van der Waals surface area contributed by atoms with Crippen LogP contribution in [0.1, 0.15) is 39.9 Å². The largest absolute Gasteiger partial charge is 0.367 e. The third kappa shape index (κ3) is 2.24. The third-order valence-electron chi connectivity index (χ3n) is 3.82. The number of aromatic nitrogens is 4. The molecule has 2 aromatic heterocycles. The highest BCUT2D eigenvalue weighted by atomic mass is 16.5. The number of aryl methyl sites for hydroxylation is 1. The first-order valence-corrected chi connectivity index (χ1v) is 6.93. The second-order valence-electron chi connectivity index (χ2n) is 6.60. The van der Waals surface area contributed by atoms with Crippen molar-refractivity contribution < 1.29 is 4.74 Å². The van der Waals surface area contributed by atoms with Crippen LogP contribution >= 0.6 is 0 Å². The summed E-state index contributed by atoms with van der Waals surface area (Å²) in [6, 6.07) is 4.08. The van der Waals surface area contributed by atoms with E-state index in [4.69, 9.17) is 4.74 Å². The van der Waals surface area contributed by atoms with Crippen molar-refractivity contribution in [2.45, 2.75) is 58.3 Å². The van der Waals surface area contributed by atoms with E-state index >= 15 is 0 Å². The minimum absolute atomic E-state index is 0.113. The van der Waals surface area contributed by atoms with Crippen LogP contribution in [0.3, 0.4) is 0 Å². The Hall–Kier alpha value is -1.69. The van der Waals surface area contributed by atoms with Gasteiger partial charge in [-0.3, -0.25) is 0 Å². The third-order valence-corrected chi connectivity index (χ3v) is 3.82. The molecule has 0 aromatic carbocycles. The average Bonchev–Trinajstić information content (AvgIpc) is 2.77. The average molecular weight is 275 g/mol. The number of ether oxygens (including phenoxy) is 1. The molecule has 3 heterocycles. The minimum atomic E-state index is -0.220. The molecule has 1 unspecified atom stereocenters. The van der Waals surface area contributed by atoms with Gasteiger partial charge in [0, 0.05) is 0 Å². The monoisotopic (exact) mass is 275 g/mol. The van der Waals surface area contributed by atoms with Gasteiger partial charge in [-0.05, 0) is 53.2 Å². The number of nitrogens with one attached hydrogen (secondary N) is 1. The van der Waals surface area contributed by atoms with Gasteiger partial charge >= 0.3 is 0 Å². The van der Waals surface area contributed by atoms with Crippen molar-refractivity contribution in [2.75, 3.05) is 5.32 Å². The first-order valence-electron chi connectivity index (χ1n) is 6.93. The zero-order valence-electron chi connectivity index (χ0n) is 12.6. The molecule has 1 saturated heterocycles. The molecule has 3 rings (SSSR count). The molecule has 1 N–H and O–H groups in total. The van der Waals surface area contributed by atoms with Crippen molar-refractivity contribution in [1.82, 2.24) is 19.8 Å². The quantitative estimate of drug-likeness (QED) is 0.910. The lowest BCUT2D eigenvalue weighted by Gasteiger charge is -2.27. The van der Waals surface area contributed by atoms with Crippen LogP contribution in [0.15, 0.2) is 12.1 Å². The van der Waals surface area contributed by atoms with Gasteiger partial charge in [-0.1, -0.05) is 0 Å². The first kappa shape index (κ1) is 13.3. The maximum absolute atomic E-state index is 6.10. The molecule has 1 atom stereocenters. The zero-order valence-corrected chi connectivity index (χ0v) is 12.6. The highest BCUT2D eigenvalue weighted by molar-refractivity contribution is 5.45. The SMILES string of the molecule is Cc1nnc2ccc(NC3CC(C)(C)OC3(C)C)nn12. The van der Waals surface area contributed by atoms with Crippen molar-refractivity contribution in [3.05, 3.63) is 18.0 Å². The van der Waals surface area contributed by atoms with E-state index in [0.29, 0.717) is 0 Å². The van der Waals surface area contributed by atoms with E-state index in [1.807, 2.05) is 19.1 Å². The lowest BCUT2D eigenvalue weighted by Crippen LogP contribution is -2.38. The van der Waals surface area contributed by atoms with E-state index in [0.717, 1.165) is 23.7 Å². The molecule has 0 amide bonds. The van der Waals surface area contributed by atoms with Gasteiger partial charge in [-0.2, -0.15) is 4.52 Å². The van der Waals surface area contributed by atoms with Gasteiger partial charge in [0.25, 0.3) is 0 Å². The van der Waals surface area contributed by atoms with Crippen molar-refractivity contribution >= 4 is 11.5 Å². The van der Waals surface area contributed by atoms with E-state index in [-0.39, 0.29) is 17.2 Å². The summed E-state index contributed by atoms with van der Waals surface area (Å²) in [5.41, 5.74) is 0.426. The van der Waals surface area contributed by atoms with Gasteiger partial charge in [-0.15, -0.1) is 15.3 Å². The molecule has 0 spiro atoms. The van der Waals surface area contributed by atoms with E-state index in [2.05, 4.69) is 48.3 Å². The van der Waals surface area contributed by atoms with Crippen molar-refractivity contribution in [3.8, 4) is 0 Å². The zero-order chi connectivity index (χ0) is 14.5. The summed E-state index contributed by atoms with van der Waals surface area (Å²) in [5, 5.41) is 16.1. The van der Waals surface area contributed by atoms with Gasteiger partial charge < -0.3 is 10.1 Å². The number of hydrogen-bond acceptors (Lipinski definition) is 5. The summed E-state index contributed by atoms with van der Waals surface area (Å²) in [4.78, 5) is 0. The topological polar surface area (TPSA) is 64.3 Å². The molecule has 1 aliphatic rings. The Balaban J connectivity index is 1.87.